The average molecular weight is 190 g/mol. The lowest BCUT2D eigenvalue weighted by Crippen LogP contribution is -2.29. The number of rotatable bonds is 1. The Morgan fingerprint density at radius 1 is 1.43 bits per heavy atom. The predicted molar refractivity (Wildman–Crippen MR) is 57.6 cm³/mol. The molecule has 0 spiro atoms. The maximum atomic E-state index is 11.7. The largest absolute Gasteiger partial charge is 0.383 e. The van der Waals surface area contributed by atoms with E-state index in [-0.39, 0.29) is 5.91 Å². The molecule has 0 aromatic heterocycles. The molecule has 2 rings (SSSR count). The number of benzene rings is 1. The van der Waals surface area contributed by atoms with Crippen molar-refractivity contribution in [2.24, 2.45) is 0 Å². The Balaban J connectivity index is 2.44. The van der Waals surface area contributed by atoms with Crippen molar-refractivity contribution in [3.05, 3.63) is 24.3 Å². The summed E-state index contributed by atoms with van der Waals surface area (Å²) in [5.41, 5.74) is 2.05. The summed E-state index contributed by atoms with van der Waals surface area (Å²) < 4.78 is 0. The number of carbonyl (C=O) groups is 1. The molecule has 0 saturated heterocycles. The highest BCUT2D eigenvalue weighted by atomic mass is 16.2. The Morgan fingerprint density at radius 2 is 2.21 bits per heavy atom. The molecular weight excluding hydrogens is 176 g/mol. The zero-order valence-electron chi connectivity index (χ0n) is 8.29. The number of fused-ring (bicyclic) bond motifs is 1. The molecule has 3 heteroatoms. The summed E-state index contributed by atoms with van der Waals surface area (Å²) in [6.07, 6.45) is 0.572. The molecule has 1 aromatic carbocycles. The molecule has 0 aliphatic carbocycles. The van der Waals surface area contributed by atoms with Gasteiger partial charge in [0.25, 0.3) is 0 Å². The van der Waals surface area contributed by atoms with E-state index in [0.29, 0.717) is 6.42 Å². The Kier molecular flexibility index (Phi) is 2.39. The summed E-state index contributed by atoms with van der Waals surface area (Å²) in [7, 11) is 0. The Morgan fingerprint density at radius 3 is 3.00 bits per heavy atom. The van der Waals surface area contributed by atoms with E-state index >= 15 is 0 Å². The molecule has 1 amide bonds. The van der Waals surface area contributed by atoms with Crippen molar-refractivity contribution in [3.8, 4) is 0 Å². The van der Waals surface area contributed by atoms with E-state index in [1.54, 1.807) is 0 Å². The molecule has 3 nitrogen and oxygen atoms in total. The molecular formula is C11H14N2O. The van der Waals surface area contributed by atoms with Crippen molar-refractivity contribution in [1.29, 1.82) is 0 Å². The second-order valence-corrected chi connectivity index (χ2v) is 3.33. The summed E-state index contributed by atoms with van der Waals surface area (Å²) in [5.74, 6) is 0.199. The van der Waals surface area contributed by atoms with Gasteiger partial charge in [0, 0.05) is 19.5 Å². The Hall–Kier alpha value is -1.51. The number of hydrogen-bond donors (Lipinski definition) is 1. The van der Waals surface area contributed by atoms with Gasteiger partial charge in [-0.3, -0.25) is 4.79 Å². The molecule has 0 atom stereocenters. The van der Waals surface area contributed by atoms with Gasteiger partial charge in [-0.1, -0.05) is 12.1 Å². The first kappa shape index (κ1) is 9.06. The van der Waals surface area contributed by atoms with E-state index in [0.717, 1.165) is 24.5 Å². The van der Waals surface area contributed by atoms with Crippen molar-refractivity contribution >= 4 is 17.3 Å². The third-order valence-corrected chi connectivity index (χ3v) is 2.47. The summed E-state index contributed by atoms with van der Waals surface area (Å²) in [6, 6.07) is 7.93. The molecule has 1 aliphatic heterocycles. The molecule has 0 radical (unpaired) electrons. The molecule has 0 fully saturated rings. The molecule has 14 heavy (non-hydrogen) atoms. The van der Waals surface area contributed by atoms with Gasteiger partial charge < -0.3 is 10.2 Å². The number of carbonyl (C=O) groups excluding carboxylic acids is 1. The van der Waals surface area contributed by atoms with E-state index in [1.807, 2.05) is 36.1 Å². The average Bonchev–Trinajstić information content (AvgIpc) is 2.36. The van der Waals surface area contributed by atoms with Crippen LogP contribution < -0.4 is 10.2 Å². The Bertz CT molecular complexity index is 349. The van der Waals surface area contributed by atoms with Gasteiger partial charge in [-0.15, -0.1) is 0 Å². The second-order valence-electron chi connectivity index (χ2n) is 3.33. The lowest BCUT2D eigenvalue weighted by atomic mass is 10.2. The number of nitrogens with zero attached hydrogens (tertiary/aromatic N) is 1. The first-order valence-electron chi connectivity index (χ1n) is 4.96. The maximum Gasteiger partial charge on any atom is 0.228 e. The summed E-state index contributed by atoms with van der Waals surface area (Å²) >= 11 is 0. The van der Waals surface area contributed by atoms with E-state index in [9.17, 15) is 4.79 Å². The lowest BCUT2D eigenvalue weighted by Gasteiger charge is -2.20. The van der Waals surface area contributed by atoms with Crippen molar-refractivity contribution in [2.75, 3.05) is 23.3 Å². The second kappa shape index (κ2) is 3.70. The van der Waals surface area contributed by atoms with Crippen LogP contribution in [0.3, 0.4) is 0 Å². The van der Waals surface area contributed by atoms with E-state index in [1.165, 1.54) is 0 Å². The SMILES string of the molecule is CCN1C(=O)CCNc2ccccc21. The quantitative estimate of drug-likeness (QED) is 0.733. The van der Waals surface area contributed by atoms with Gasteiger partial charge in [0.1, 0.15) is 0 Å². The molecule has 1 aliphatic rings. The summed E-state index contributed by atoms with van der Waals surface area (Å²) in [5, 5.41) is 3.26. The van der Waals surface area contributed by atoms with Gasteiger partial charge in [-0.25, -0.2) is 0 Å². The fourth-order valence-electron chi connectivity index (χ4n) is 1.78. The van der Waals surface area contributed by atoms with Crippen LogP contribution in [0.4, 0.5) is 11.4 Å². The van der Waals surface area contributed by atoms with Crippen LogP contribution in [0.15, 0.2) is 24.3 Å². The predicted octanol–water partition coefficient (Wildman–Crippen LogP) is 1.86. The van der Waals surface area contributed by atoms with Crippen LogP contribution in [0.2, 0.25) is 0 Å². The van der Waals surface area contributed by atoms with Gasteiger partial charge in [0.05, 0.1) is 11.4 Å². The highest BCUT2D eigenvalue weighted by Gasteiger charge is 2.19. The highest BCUT2D eigenvalue weighted by Crippen LogP contribution is 2.27. The van der Waals surface area contributed by atoms with Gasteiger partial charge in [-0.05, 0) is 19.1 Å². The zero-order chi connectivity index (χ0) is 9.97. The topological polar surface area (TPSA) is 32.3 Å². The standard InChI is InChI=1S/C11H14N2O/c1-2-13-10-6-4-3-5-9(10)12-8-7-11(13)14/h3-6,12H,2,7-8H2,1H3. The minimum atomic E-state index is 0.199. The smallest absolute Gasteiger partial charge is 0.228 e. The number of hydrogen-bond acceptors (Lipinski definition) is 2. The van der Waals surface area contributed by atoms with E-state index in [2.05, 4.69) is 5.32 Å². The van der Waals surface area contributed by atoms with Crippen LogP contribution in [-0.4, -0.2) is 19.0 Å². The van der Waals surface area contributed by atoms with Crippen molar-refractivity contribution in [1.82, 2.24) is 0 Å². The van der Waals surface area contributed by atoms with E-state index < -0.39 is 0 Å². The highest BCUT2D eigenvalue weighted by molar-refractivity contribution is 5.98. The van der Waals surface area contributed by atoms with Gasteiger partial charge in [0.2, 0.25) is 5.91 Å². The number of nitrogens with one attached hydrogen (secondary N) is 1. The minimum Gasteiger partial charge on any atom is -0.383 e. The molecule has 0 bridgehead atoms. The number of amides is 1. The fourth-order valence-corrected chi connectivity index (χ4v) is 1.78. The van der Waals surface area contributed by atoms with Gasteiger partial charge in [-0.2, -0.15) is 0 Å². The molecule has 74 valence electrons. The van der Waals surface area contributed by atoms with Gasteiger partial charge >= 0.3 is 0 Å². The van der Waals surface area contributed by atoms with E-state index in [4.69, 9.17) is 0 Å². The van der Waals surface area contributed by atoms with Crippen molar-refractivity contribution < 1.29 is 4.79 Å². The Labute approximate surface area is 83.7 Å². The molecule has 1 heterocycles. The summed E-state index contributed by atoms with van der Waals surface area (Å²) in [4.78, 5) is 13.5. The first-order chi connectivity index (χ1) is 6.83. The van der Waals surface area contributed by atoms with Gasteiger partial charge in [0.15, 0.2) is 0 Å². The molecule has 0 unspecified atom stereocenters. The van der Waals surface area contributed by atoms with Crippen LogP contribution in [0.25, 0.3) is 0 Å². The monoisotopic (exact) mass is 190 g/mol. The third kappa shape index (κ3) is 1.45. The number of anilines is 2. The van der Waals surface area contributed by atoms with Crippen LogP contribution in [0, 0.1) is 0 Å². The van der Waals surface area contributed by atoms with Crippen LogP contribution >= 0.6 is 0 Å². The van der Waals surface area contributed by atoms with Crippen molar-refractivity contribution in [2.45, 2.75) is 13.3 Å². The van der Waals surface area contributed by atoms with Crippen LogP contribution in [0.1, 0.15) is 13.3 Å². The normalized spacial score (nSPS) is 15.8. The molecule has 1 aromatic rings. The maximum absolute atomic E-state index is 11.7. The van der Waals surface area contributed by atoms with Crippen LogP contribution in [-0.2, 0) is 4.79 Å². The zero-order valence-corrected chi connectivity index (χ0v) is 8.29. The van der Waals surface area contributed by atoms with Crippen LogP contribution in [0.5, 0.6) is 0 Å². The van der Waals surface area contributed by atoms with Crippen molar-refractivity contribution in [3.63, 3.8) is 0 Å². The lowest BCUT2D eigenvalue weighted by molar-refractivity contribution is -0.118. The fraction of sp³-hybridized carbons (Fsp3) is 0.364. The first-order valence-corrected chi connectivity index (χ1v) is 4.96. The molecule has 0 saturated carbocycles. The number of para-hydroxylation sites is 2. The summed E-state index contributed by atoms with van der Waals surface area (Å²) in [6.45, 7) is 3.46. The molecule has 1 N–H and O–H groups in total. The third-order valence-electron chi connectivity index (χ3n) is 2.47. The minimum absolute atomic E-state index is 0.199.